The van der Waals surface area contributed by atoms with Crippen molar-refractivity contribution in [3.05, 3.63) is 67.9 Å². The van der Waals surface area contributed by atoms with E-state index in [0.717, 1.165) is 10.0 Å². The number of rotatable bonds is 4. The second-order valence-electron chi connectivity index (χ2n) is 5.25. The maximum absolute atomic E-state index is 14.0. The summed E-state index contributed by atoms with van der Waals surface area (Å²) in [6.07, 6.45) is 0.583. The van der Waals surface area contributed by atoms with Gasteiger partial charge in [0.15, 0.2) is 0 Å². The molecule has 0 saturated carbocycles. The molecule has 0 aliphatic carbocycles. The van der Waals surface area contributed by atoms with E-state index in [1.54, 1.807) is 12.1 Å². The van der Waals surface area contributed by atoms with Crippen LogP contribution in [0.2, 0.25) is 5.02 Å². The van der Waals surface area contributed by atoms with Gasteiger partial charge in [0, 0.05) is 15.5 Å². The van der Waals surface area contributed by atoms with Gasteiger partial charge in [0.2, 0.25) is 0 Å². The number of nitrogens with one attached hydrogen (secondary N) is 1. The molecule has 0 radical (unpaired) electrons. The van der Waals surface area contributed by atoms with Crippen LogP contribution in [-0.2, 0) is 6.42 Å². The van der Waals surface area contributed by atoms with E-state index in [1.807, 2.05) is 7.05 Å². The molecule has 21 heavy (non-hydrogen) atoms. The number of hydrogen-bond donors (Lipinski definition) is 1. The Morgan fingerprint density at radius 2 is 1.81 bits per heavy atom. The first-order valence-electron chi connectivity index (χ1n) is 6.80. The van der Waals surface area contributed by atoms with Crippen molar-refractivity contribution in [2.24, 2.45) is 0 Å². The minimum atomic E-state index is -0.256. The van der Waals surface area contributed by atoms with Crippen LogP contribution >= 0.6 is 27.5 Å². The highest BCUT2D eigenvalue weighted by Crippen LogP contribution is 2.28. The zero-order valence-electron chi connectivity index (χ0n) is 12.3. The lowest BCUT2D eigenvalue weighted by atomic mass is 9.96. The van der Waals surface area contributed by atoms with Crippen LogP contribution in [0.25, 0.3) is 0 Å². The molecule has 0 fully saturated rings. The maximum atomic E-state index is 14.0. The molecule has 0 bridgehead atoms. The third kappa shape index (κ3) is 3.85. The smallest absolute Gasteiger partial charge is 0.127 e. The summed E-state index contributed by atoms with van der Waals surface area (Å²) in [5.41, 5.74) is 4.19. The second kappa shape index (κ2) is 6.91. The summed E-state index contributed by atoms with van der Waals surface area (Å²) < 4.78 is 15.1. The summed E-state index contributed by atoms with van der Waals surface area (Å²) in [6, 6.07) is 9.16. The molecule has 1 nitrogen and oxygen atoms in total. The Kier molecular flexibility index (Phi) is 5.42. The molecule has 0 heterocycles. The first kappa shape index (κ1) is 16.5. The van der Waals surface area contributed by atoms with Crippen LogP contribution in [0.5, 0.6) is 0 Å². The summed E-state index contributed by atoms with van der Waals surface area (Å²) in [5, 5.41) is 3.69. The van der Waals surface area contributed by atoms with E-state index in [9.17, 15) is 4.39 Å². The van der Waals surface area contributed by atoms with Crippen LogP contribution in [0.15, 0.2) is 34.8 Å². The highest BCUT2D eigenvalue weighted by Gasteiger charge is 2.15. The molecule has 2 rings (SSSR count). The van der Waals surface area contributed by atoms with E-state index in [4.69, 9.17) is 11.6 Å². The lowest BCUT2D eigenvalue weighted by Crippen LogP contribution is -2.19. The Bertz CT molecular complexity index is 634. The minimum Gasteiger partial charge on any atom is -0.313 e. The summed E-state index contributed by atoms with van der Waals surface area (Å²) >= 11 is 9.38. The number of aryl methyl sites for hydroxylation is 2. The van der Waals surface area contributed by atoms with E-state index in [0.29, 0.717) is 17.0 Å². The van der Waals surface area contributed by atoms with Gasteiger partial charge in [-0.15, -0.1) is 0 Å². The predicted molar refractivity (Wildman–Crippen MR) is 90.5 cm³/mol. The third-order valence-corrected chi connectivity index (χ3v) is 5.13. The molecule has 0 aliphatic rings. The fraction of sp³-hybridized carbons (Fsp3) is 0.294. The van der Waals surface area contributed by atoms with Crippen molar-refractivity contribution in [2.45, 2.75) is 26.3 Å². The first-order chi connectivity index (χ1) is 9.92. The Morgan fingerprint density at radius 1 is 1.19 bits per heavy atom. The van der Waals surface area contributed by atoms with Crippen LogP contribution < -0.4 is 5.32 Å². The molecule has 1 unspecified atom stereocenters. The average molecular weight is 371 g/mol. The van der Waals surface area contributed by atoms with Crippen molar-refractivity contribution in [1.82, 2.24) is 5.32 Å². The topological polar surface area (TPSA) is 12.0 Å². The molecule has 0 amide bonds. The normalized spacial score (nSPS) is 12.5. The van der Waals surface area contributed by atoms with Gasteiger partial charge in [-0.05, 0) is 61.7 Å². The van der Waals surface area contributed by atoms with Crippen molar-refractivity contribution < 1.29 is 4.39 Å². The molecule has 4 heteroatoms. The van der Waals surface area contributed by atoms with Gasteiger partial charge >= 0.3 is 0 Å². The Balaban J connectivity index is 2.32. The van der Waals surface area contributed by atoms with E-state index >= 15 is 0 Å². The van der Waals surface area contributed by atoms with Gasteiger partial charge in [0.25, 0.3) is 0 Å². The predicted octanol–water partition coefficient (Wildman–Crippen LogP) is 5.36. The zero-order chi connectivity index (χ0) is 15.6. The van der Waals surface area contributed by atoms with Gasteiger partial charge in [-0.3, -0.25) is 0 Å². The van der Waals surface area contributed by atoms with E-state index in [1.165, 1.54) is 17.2 Å². The lowest BCUT2D eigenvalue weighted by molar-refractivity contribution is 0.554. The molecule has 0 spiro atoms. The summed E-state index contributed by atoms with van der Waals surface area (Å²) in [5.74, 6) is -0.256. The van der Waals surface area contributed by atoms with E-state index in [2.05, 4.69) is 47.2 Å². The molecular weight excluding hydrogens is 353 g/mol. The molecule has 1 atom stereocenters. The number of hydrogen-bond acceptors (Lipinski definition) is 1. The standard InChI is InChI=1S/C17H18BrClFN/c1-10-6-13(7-11(2)17(10)18)16(21-3)8-12-4-5-14(19)9-15(12)20/h4-7,9,16,21H,8H2,1-3H3. The number of halogens is 3. The van der Waals surface area contributed by atoms with Crippen molar-refractivity contribution in [3.8, 4) is 0 Å². The Labute approximate surface area is 138 Å². The minimum absolute atomic E-state index is 0.0613. The van der Waals surface area contributed by atoms with Gasteiger partial charge in [0.05, 0.1) is 0 Å². The van der Waals surface area contributed by atoms with Crippen molar-refractivity contribution in [1.29, 1.82) is 0 Å². The van der Waals surface area contributed by atoms with Gasteiger partial charge in [-0.1, -0.05) is 45.7 Å². The molecule has 2 aromatic carbocycles. The van der Waals surface area contributed by atoms with Crippen LogP contribution in [0, 0.1) is 19.7 Å². The molecule has 1 N–H and O–H groups in total. The fourth-order valence-corrected chi connectivity index (χ4v) is 2.86. The summed E-state index contributed by atoms with van der Waals surface area (Å²) in [6.45, 7) is 4.13. The van der Waals surface area contributed by atoms with Crippen molar-refractivity contribution in [3.63, 3.8) is 0 Å². The third-order valence-electron chi connectivity index (χ3n) is 3.65. The quantitative estimate of drug-likeness (QED) is 0.764. The molecule has 112 valence electrons. The lowest BCUT2D eigenvalue weighted by Gasteiger charge is -2.19. The van der Waals surface area contributed by atoms with Gasteiger partial charge < -0.3 is 5.32 Å². The first-order valence-corrected chi connectivity index (χ1v) is 7.97. The SMILES string of the molecule is CNC(Cc1ccc(Cl)cc1F)c1cc(C)c(Br)c(C)c1. The van der Waals surface area contributed by atoms with E-state index < -0.39 is 0 Å². The van der Waals surface area contributed by atoms with Gasteiger partial charge in [-0.2, -0.15) is 0 Å². The monoisotopic (exact) mass is 369 g/mol. The largest absolute Gasteiger partial charge is 0.313 e. The molecule has 0 saturated heterocycles. The van der Waals surface area contributed by atoms with Crippen molar-refractivity contribution in [2.75, 3.05) is 7.05 Å². The average Bonchev–Trinajstić information content (AvgIpc) is 2.43. The van der Waals surface area contributed by atoms with E-state index in [-0.39, 0.29) is 11.9 Å². The summed E-state index contributed by atoms with van der Waals surface area (Å²) in [4.78, 5) is 0. The highest BCUT2D eigenvalue weighted by atomic mass is 79.9. The Morgan fingerprint density at radius 3 is 2.33 bits per heavy atom. The Hall–Kier alpha value is -0.900. The van der Waals surface area contributed by atoms with Gasteiger partial charge in [-0.25, -0.2) is 4.39 Å². The van der Waals surface area contributed by atoms with Crippen LogP contribution in [0.1, 0.15) is 28.3 Å². The fourth-order valence-electron chi connectivity index (χ4n) is 2.47. The highest BCUT2D eigenvalue weighted by molar-refractivity contribution is 9.10. The molecule has 0 aromatic heterocycles. The molecular formula is C17H18BrClFN. The molecule has 0 aliphatic heterocycles. The molecule has 2 aromatic rings. The van der Waals surface area contributed by atoms with Crippen molar-refractivity contribution >= 4 is 27.5 Å². The summed E-state index contributed by atoms with van der Waals surface area (Å²) in [7, 11) is 1.89. The maximum Gasteiger partial charge on any atom is 0.127 e. The second-order valence-corrected chi connectivity index (χ2v) is 6.48. The van der Waals surface area contributed by atoms with Crippen LogP contribution in [0.4, 0.5) is 4.39 Å². The number of likely N-dealkylation sites (N-methyl/N-ethyl adjacent to an activating group) is 1. The number of benzene rings is 2. The van der Waals surface area contributed by atoms with Crippen LogP contribution in [-0.4, -0.2) is 7.05 Å². The zero-order valence-corrected chi connectivity index (χ0v) is 14.6. The van der Waals surface area contributed by atoms with Gasteiger partial charge in [0.1, 0.15) is 5.82 Å². The van der Waals surface area contributed by atoms with Crippen LogP contribution in [0.3, 0.4) is 0 Å².